The van der Waals surface area contributed by atoms with E-state index >= 15 is 0 Å². The topological polar surface area (TPSA) is 82.6 Å². The van der Waals surface area contributed by atoms with Crippen LogP contribution in [-0.4, -0.2) is 46.1 Å². The highest BCUT2D eigenvalue weighted by atomic mass is 16.6. The summed E-state index contributed by atoms with van der Waals surface area (Å²) in [4.78, 5) is 14.0. The first-order valence-corrected chi connectivity index (χ1v) is 8.59. The Hall–Kier alpha value is -2.44. The molecule has 0 spiro atoms. The Morgan fingerprint density at radius 3 is 2.68 bits per heavy atom. The Balaban J connectivity index is 1.46. The van der Waals surface area contributed by atoms with Crippen molar-refractivity contribution in [3.8, 4) is 5.75 Å². The zero-order valence-electron chi connectivity index (χ0n) is 15.0. The van der Waals surface area contributed by atoms with Crippen LogP contribution in [0, 0.1) is 5.92 Å². The lowest BCUT2D eigenvalue weighted by atomic mass is 9.67. The summed E-state index contributed by atoms with van der Waals surface area (Å²) in [5.74, 6) is 1.09. The lowest BCUT2D eigenvalue weighted by Gasteiger charge is -2.59. The van der Waals surface area contributed by atoms with Gasteiger partial charge in [0.25, 0.3) is 0 Å². The largest absolute Gasteiger partial charge is 0.495 e. The van der Waals surface area contributed by atoms with Crippen LogP contribution in [0.2, 0.25) is 0 Å². The van der Waals surface area contributed by atoms with Gasteiger partial charge in [0.1, 0.15) is 11.4 Å². The monoisotopic (exact) mass is 344 g/mol. The SMILES string of the molecule is COc1cc2nn([C@H]3C[C@@H]4C3CN4C(=O)OC(C)(C)C)cc2cc1N. The van der Waals surface area contributed by atoms with Gasteiger partial charge in [-0.05, 0) is 33.3 Å². The third kappa shape index (κ3) is 2.58. The average molecular weight is 344 g/mol. The maximum Gasteiger partial charge on any atom is 0.410 e. The molecule has 0 radical (unpaired) electrons. The van der Waals surface area contributed by atoms with Crippen LogP contribution in [0.15, 0.2) is 18.3 Å². The number of nitrogens with zero attached hydrogens (tertiary/aromatic N) is 3. The minimum absolute atomic E-state index is 0.213. The molecule has 134 valence electrons. The number of nitrogens with two attached hydrogens (primary N) is 1. The van der Waals surface area contributed by atoms with Crippen LogP contribution in [-0.2, 0) is 4.74 Å². The van der Waals surface area contributed by atoms with E-state index in [4.69, 9.17) is 15.2 Å². The molecule has 0 bridgehead atoms. The molecule has 4 rings (SSSR count). The molecular weight excluding hydrogens is 320 g/mol. The number of amides is 1. The number of piperidine rings is 1. The summed E-state index contributed by atoms with van der Waals surface area (Å²) in [7, 11) is 1.60. The van der Waals surface area contributed by atoms with E-state index in [0.29, 0.717) is 23.4 Å². The number of rotatable bonds is 2. The number of anilines is 1. The summed E-state index contributed by atoms with van der Waals surface area (Å²) in [5.41, 5.74) is 7.00. The molecule has 3 atom stereocenters. The normalized spacial score (nSPS) is 25.1. The fourth-order valence-corrected chi connectivity index (χ4v) is 3.75. The van der Waals surface area contributed by atoms with E-state index in [2.05, 4.69) is 5.10 Å². The second kappa shape index (κ2) is 5.28. The Morgan fingerprint density at radius 2 is 2.08 bits per heavy atom. The van der Waals surface area contributed by atoms with Crippen LogP contribution in [0.5, 0.6) is 5.75 Å². The molecule has 2 heterocycles. The van der Waals surface area contributed by atoms with Gasteiger partial charge in [0.15, 0.2) is 0 Å². The number of fused-ring (bicyclic) bond motifs is 2. The van der Waals surface area contributed by atoms with Gasteiger partial charge in [-0.25, -0.2) is 4.79 Å². The number of methoxy groups -OCH3 is 1. The summed E-state index contributed by atoms with van der Waals surface area (Å²) < 4.78 is 12.7. The summed E-state index contributed by atoms with van der Waals surface area (Å²) in [6.45, 7) is 6.40. The van der Waals surface area contributed by atoms with Crippen LogP contribution in [0.4, 0.5) is 10.5 Å². The average Bonchev–Trinajstić information content (AvgIpc) is 2.88. The Morgan fingerprint density at radius 1 is 1.32 bits per heavy atom. The first kappa shape index (κ1) is 16.1. The molecule has 1 aliphatic carbocycles. The molecule has 1 amide bonds. The molecule has 1 saturated heterocycles. The van der Waals surface area contributed by atoms with Crippen molar-refractivity contribution < 1.29 is 14.3 Å². The molecule has 2 N–H and O–H groups in total. The van der Waals surface area contributed by atoms with Gasteiger partial charge in [0.2, 0.25) is 0 Å². The summed E-state index contributed by atoms with van der Waals surface area (Å²) in [6, 6.07) is 4.35. The third-order valence-corrected chi connectivity index (χ3v) is 5.12. The van der Waals surface area contributed by atoms with Crippen molar-refractivity contribution in [2.24, 2.45) is 5.92 Å². The Kier molecular flexibility index (Phi) is 3.39. The quantitative estimate of drug-likeness (QED) is 0.847. The van der Waals surface area contributed by atoms with Gasteiger partial charge in [-0.1, -0.05) is 0 Å². The molecular formula is C18H24N4O3. The number of benzene rings is 1. The smallest absolute Gasteiger partial charge is 0.410 e. The lowest BCUT2D eigenvalue weighted by Crippen LogP contribution is -2.68. The van der Waals surface area contributed by atoms with Crippen LogP contribution in [0.1, 0.15) is 33.2 Å². The van der Waals surface area contributed by atoms with Gasteiger partial charge in [0.05, 0.1) is 24.4 Å². The van der Waals surface area contributed by atoms with Crippen molar-refractivity contribution in [2.75, 3.05) is 19.4 Å². The number of nitrogen functional groups attached to an aromatic ring is 1. The van der Waals surface area contributed by atoms with Crippen molar-refractivity contribution in [2.45, 2.75) is 44.9 Å². The highest BCUT2D eigenvalue weighted by Crippen LogP contribution is 2.50. The lowest BCUT2D eigenvalue weighted by molar-refractivity contribution is -0.103. The number of ether oxygens (including phenoxy) is 2. The standard InChI is InChI=1S/C18H24N4O3/c1-18(2,3)25-17(23)21-9-11-14(21)7-15(11)22-8-10-5-12(19)16(24-4)6-13(10)20-22/h5-6,8,11,14-15H,7,9,19H2,1-4H3/t11?,14-,15+/m1/s1. The molecule has 1 aromatic heterocycles. The molecule has 7 heteroatoms. The number of hydrogen-bond acceptors (Lipinski definition) is 5. The predicted molar refractivity (Wildman–Crippen MR) is 94.6 cm³/mol. The van der Waals surface area contributed by atoms with Crippen LogP contribution >= 0.6 is 0 Å². The van der Waals surface area contributed by atoms with Gasteiger partial charge >= 0.3 is 6.09 Å². The molecule has 25 heavy (non-hydrogen) atoms. The van der Waals surface area contributed by atoms with Crippen LogP contribution < -0.4 is 10.5 Å². The second-order valence-corrected chi connectivity index (χ2v) is 7.93. The summed E-state index contributed by atoms with van der Waals surface area (Å²) in [6.07, 6.45) is 2.72. The number of hydrogen-bond donors (Lipinski definition) is 1. The van der Waals surface area contributed by atoms with Gasteiger partial charge < -0.3 is 20.1 Å². The molecule has 2 aliphatic rings. The van der Waals surface area contributed by atoms with E-state index in [0.717, 1.165) is 23.9 Å². The van der Waals surface area contributed by atoms with E-state index in [-0.39, 0.29) is 12.1 Å². The fourth-order valence-electron chi connectivity index (χ4n) is 3.75. The number of aromatic nitrogens is 2. The zero-order valence-corrected chi connectivity index (χ0v) is 15.0. The maximum absolute atomic E-state index is 12.2. The van der Waals surface area contributed by atoms with Crippen molar-refractivity contribution in [3.63, 3.8) is 0 Å². The first-order chi connectivity index (χ1) is 11.8. The summed E-state index contributed by atoms with van der Waals surface area (Å²) >= 11 is 0. The Bertz CT molecular complexity index is 839. The zero-order chi connectivity index (χ0) is 17.9. The number of likely N-dealkylation sites (tertiary alicyclic amines) is 1. The molecule has 7 nitrogen and oxygen atoms in total. The fraction of sp³-hybridized carbons (Fsp3) is 0.556. The van der Waals surface area contributed by atoms with E-state index in [1.807, 2.05) is 48.7 Å². The maximum atomic E-state index is 12.2. The molecule has 1 aromatic carbocycles. The predicted octanol–water partition coefficient (Wildman–Crippen LogP) is 2.81. The molecule has 1 saturated carbocycles. The van der Waals surface area contributed by atoms with Gasteiger partial charge in [-0.2, -0.15) is 5.10 Å². The van der Waals surface area contributed by atoms with Gasteiger partial charge in [-0.15, -0.1) is 0 Å². The second-order valence-electron chi connectivity index (χ2n) is 7.93. The van der Waals surface area contributed by atoms with Crippen molar-refractivity contribution in [1.29, 1.82) is 0 Å². The summed E-state index contributed by atoms with van der Waals surface area (Å²) in [5, 5.41) is 5.68. The van der Waals surface area contributed by atoms with Gasteiger partial charge in [0, 0.05) is 36.2 Å². The van der Waals surface area contributed by atoms with E-state index in [1.54, 1.807) is 7.11 Å². The number of carbonyl (C=O) groups excluding carboxylic acids is 1. The van der Waals surface area contributed by atoms with Crippen LogP contribution in [0.3, 0.4) is 0 Å². The Labute approximate surface area is 146 Å². The van der Waals surface area contributed by atoms with Crippen molar-refractivity contribution >= 4 is 22.7 Å². The molecule has 2 aromatic rings. The van der Waals surface area contributed by atoms with Gasteiger partial charge in [-0.3, -0.25) is 4.68 Å². The number of carbonyl (C=O) groups is 1. The van der Waals surface area contributed by atoms with Crippen LogP contribution in [0.25, 0.3) is 10.9 Å². The van der Waals surface area contributed by atoms with E-state index in [1.165, 1.54) is 0 Å². The minimum Gasteiger partial charge on any atom is -0.495 e. The first-order valence-electron chi connectivity index (χ1n) is 8.59. The molecule has 1 aliphatic heterocycles. The van der Waals surface area contributed by atoms with Crippen molar-refractivity contribution in [1.82, 2.24) is 14.7 Å². The highest BCUT2D eigenvalue weighted by molar-refractivity contribution is 5.84. The minimum atomic E-state index is -0.454. The third-order valence-electron chi connectivity index (χ3n) is 5.12. The molecule has 1 unspecified atom stereocenters. The van der Waals surface area contributed by atoms with Crippen molar-refractivity contribution in [3.05, 3.63) is 18.3 Å². The molecule has 2 fully saturated rings. The van der Waals surface area contributed by atoms with E-state index in [9.17, 15) is 4.79 Å². The van der Waals surface area contributed by atoms with E-state index < -0.39 is 5.60 Å². The highest BCUT2D eigenvalue weighted by Gasteiger charge is 2.56.